The highest BCUT2D eigenvalue weighted by Crippen LogP contribution is 2.04. The van der Waals surface area contributed by atoms with Crippen LogP contribution in [0, 0.1) is 6.92 Å². The molecule has 0 amide bonds. The maximum Gasteiger partial charge on any atom is 0.335 e. The summed E-state index contributed by atoms with van der Waals surface area (Å²) in [5.41, 5.74) is 0.802. The molecule has 0 aromatic carbocycles. The molecule has 0 bridgehead atoms. The molecule has 98 valence electrons. The van der Waals surface area contributed by atoms with Gasteiger partial charge in [-0.3, -0.25) is 13.8 Å². The van der Waals surface area contributed by atoms with Gasteiger partial charge in [-0.1, -0.05) is 19.9 Å². The number of pyridine rings is 1. The van der Waals surface area contributed by atoms with Gasteiger partial charge in [-0.05, 0) is 32.9 Å². The predicted molar refractivity (Wildman–Crippen MR) is 74.4 cm³/mol. The van der Waals surface area contributed by atoms with E-state index in [-0.39, 0.29) is 17.3 Å². The minimum atomic E-state index is -0.277. The van der Waals surface area contributed by atoms with Crippen LogP contribution in [0.4, 0.5) is 0 Å². The normalized spacial score (nSPS) is 10.3. The summed E-state index contributed by atoms with van der Waals surface area (Å²) in [6, 6.07) is 5.25. The number of hydrogen-bond acceptors (Lipinski definition) is 2. The van der Waals surface area contributed by atoms with Crippen molar-refractivity contribution in [1.82, 2.24) is 8.97 Å². The molecule has 0 unspecified atom stereocenters. The van der Waals surface area contributed by atoms with Crippen molar-refractivity contribution in [2.75, 3.05) is 0 Å². The van der Waals surface area contributed by atoms with Crippen molar-refractivity contribution >= 4 is 5.52 Å². The van der Waals surface area contributed by atoms with Crippen molar-refractivity contribution in [1.29, 1.82) is 0 Å². The Kier molecular flexibility index (Phi) is 4.48. The summed E-state index contributed by atoms with van der Waals surface area (Å²) in [5, 5.41) is 0. The molecule has 0 radical (unpaired) electrons. The zero-order valence-electron chi connectivity index (χ0n) is 11.6. The Labute approximate surface area is 107 Å². The van der Waals surface area contributed by atoms with Gasteiger partial charge in [0.15, 0.2) is 0 Å². The number of fused-ring (bicyclic) bond motifs is 1. The molecule has 0 saturated carbocycles. The Balaban J connectivity index is 0.000000771. The molecule has 0 fully saturated rings. The van der Waals surface area contributed by atoms with Gasteiger partial charge in [0.05, 0.1) is 5.52 Å². The molecule has 2 rings (SSSR count). The Bertz CT molecular complexity index is 651. The highest BCUT2D eigenvalue weighted by atomic mass is 16.2. The van der Waals surface area contributed by atoms with Crippen molar-refractivity contribution in [3.63, 3.8) is 0 Å². The van der Waals surface area contributed by atoms with Gasteiger partial charge in [-0.2, -0.15) is 0 Å². The third-order valence-electron chi connectivity index (χ3n) is 2.71. The van der Waals surface area contributed by atoms with Gasteiger partial charge in [0.2, 0.25) is 0 Å². The Morgan fingerprint density at radius 1 is 1.11 bits per heavy atom. The molecule has 18 heavy (non-hydrogen) atoms. The highest BCUT2D eigenvalue weighted by Gasteiger charge is 2.12. The van der Waals surface area contributed by atoms with E-state index in [0.29, 0.717) is 11.1 Å². The van der Waals surface area contributed by atoms with Crippen molar-refractivity contribution in [3.05, 3.63) is 50.8 Å². The molecule has 0 aliphatic rings. The zero-order valence-corrected chi connectivity index (χ0v) is 11.6. The van der Waals surface area contributed by atoms with Crippen LogP contribution in [0.15, 0.2) is 34.0 Å². The van der Waals surface area contributed by atoms with E-state index in [1.165, 1.54) is 8.97 Å². The van der Waals surface area contributed by atoms with E-state index < -0.39 is 0 Å². The summed E-state index contributed by atoms with van der Waals surface area (Å²) < 4.78 is 2.79. The van der Waals surface area contributed by atoms with Crippen molar-refractivity contribution in [3.8, 4) is 0 Å². The Morgan fingerprint density at radius 2 is 1.72 bits per heavy atom. The van der Waals surface area contributed by atoms with Crippen LogP contribution in [0.1, 0.15) is 39.3 Å². The first-order valence-electron chi connectivity index (χ1n) is 6.26. The molecule has 4 nitrogen and oxygen atoms in total. The summed E-state index contributed by atoms with van der Waals surface area (Å²) in [4.78, 5) is 24.1. The summed E-state index contributed by atoms with van der Waals surface area (Å²) in [5.74, 6) is 0. The topological polar surface area (TPSA) is 43.5 Å². The van der Waals surface area contributed by atoms with Gasteiger partial charge >= 0.3 is 5.69 Å². The van der Waals surface area contributed by atoms with Crippen LogP contribution in [-0.4, -0.2) is 8.97 Å². The molecule has 2 aromatic heterocycles. The zero-order chi connectivity index (χ0) is 13.9. The smallest absolute Gasteiger partial charge is 0.269 e. The highest BCUT2D eigenvalue weighted by molar-refractivity contribution is 5.52. The molecular formula is C14H20N2O2. The van der Waals surface area contributed by atoms with Gasteiger partial charge in [0.25, 0.3) is 5.56 Å². The first kappa shape index (κ1) is 14.2. The number of aromatic nitrogens is 2. The van der Waals surface area contributed by atoms with E-state index >= 15 is 0 Å². The van der Waals surface area contributed by atoms with Gasteiger partial charge < -0.3 is 0 Å². The molecule has 0 aliphatic carbocycles. The molecule has 0 saturated heterocycles. The molecular weight excluding hydrogens is 228 g/mol. The lowest BCUT2D eigenvalue weighted by Crippen LogP contribution is -2.39. The average Bonchev–Trinajstić information content (AvgIpc) is 2.38. The van der Waals surface area contributed by atoms with Gasteiger partial charge in [-0.15, -0.1) is 0 Å². The van der Waals surface area contributed by atoms with Crippen LogP contribution < -0.4 is 11.2 Å². The van der Waals surface area contributed by atoms with Crippen LogP contribution in [0.25, 0.3) is 5.52 Å². The second kappa shape index (κ2) is 5.67. The van der Waals surface area contributed by atoms with E-state index in [1.807, 2.05) is 33.8 Å². The number of hydrogen-bond donors (Lipinski definition) is 0. The molecule has 0 spiro atoms. The van der Waals surface area contributed by atoms with Gasteiger partial charge in [0, 0.05) is 17.8 Å². The minimum absolute atomic E-state index is 0.129. The first-order chi connectivity index (χ1) is 8.54. The van der Waals surface area contributed by atoms with Gasteiger partial charge in [-0.25, -0.2) is 4.79 Å². The second-order valence-corrected chi connectivity index (χ2v) is 4.13. The largest absolute Gasteiger partial charge is 0.335 e. The minimum Gasteiger partial charge on any atom is -0.269 e. The first-order valence-corrected chi connectivity index (χ1v) is 6.26. The third kappa shape index (κ3) is 2.23. The summed E-state index contributed by atoms with van der Waals surface area (Å²) in [7, 11) is 0. The fourth-order valence-electron chi connectivity index (χ4n) is 1.86. The third-order valence-corrected chi connectivity index (χ3v) is 2.71. The van der Waals surface area contributed by atoms with Crippen molar-refractivity contribution in [2.45, 2.75) is 40.7 Å². The lowest BCUT2D eigenvalue weighted by Gasteiger charge is -2.12. The average molecular weight is 248 g/mol. The Morgan fingerprint density at radius 3 is 2.28 bits per heavy atom. The Hall–Kier alpha value is -1.84. The van der Waals surface area contributed by atoms with E-state index in [1.54, 1.807) is 25.3 Å². The fraction of sp³-hybridized carbons (Fsp3) is 0.429. The van der Waals surface area contributed by atoms with Crippen LogP contribution in [0.2, 0.25) is 0 Å². The molecule has 2 aromatic rings. The van der Waals surface area contributed by atoms with Crippen LogP contribution in [-0.2, 0) is 0 Å². The van der Waals surface area contributed by atoms with E-state index in [0.717, 1.165) is 0 Å². The van der Waals surface area contributed by atoms with E-state index in [4.69, 9.17) is 0 Å². The van der Waals surface area contributed by atoms with Gasteiger partial charge in [0.1, 0.15) is 0 Å². The summed E-state index contributed by atoms with van der Waals surface area (Å²) in [6.07, 6.45) is 1.68. The standard InChI is InChI=1S/C12H14N2O2.C2H6/c1-8(2)14-11(15)9(3)10-6-4-5-7-13(10)12(14)16;1-2/h4-8H,1-3H3;1-2H3. The summed E-state index contributed by atoms with van der Waals surface area (Å²) >= 11 is 0. The lowest BCUT2D eigenvalue weighted by molar-refractivity contribution is 0.538. The predicted octanol–water partition coefficient (Wildman–Crippen LogP) is 2.38. The van der Waals surface area contributed by atoms with Crippen LogP contribution in [0.5, 0.6) is 0 Å². The van der Waals surface area contributed by atoms with Crippen molar-refractivity contribution < 1.29 is 0 Å². The monoisotopic (exact) mass is 248 g/mol. The molecule has 0 aliphatic heterocycles. The molecule has 0 N–H and O–H groups in total. The van der Waals surface area contributed by atoms with Crippen LogP contribution >= 0.6 is 0 Å². The van der Waals surface area contributed by atoms with E-state index in [9.17, 15) is 9.59 Å². The number of rotatable bonds is 1. The second-order valence-electron chi connectivity index (χ2n) is 4.13. The SMILES string of the molecule is CC.Cc1c(=O)n(C(C)C)c(=O)n2ccccc12. The quantitative estimate of drug-likeness (QED) is 0.777. The maximum atomic E-state index is 12.1. The fourth-order valence-corrected chi connectivity index (χ4v) is 1.86. The van der Waals surface area contributed by atoms with E-state index in [2.05, 4.69) is 0 Å². The number of aryl methyl sites for hydroxylation is 1. The van der Waals surface area contributed by atoms with Crippen molar-refractivity contribution in [2.24, 2.45) is 0 Å². The maximum absolute atomic E-state index is 12.1. The molecule has 2 heterocycles. The molecule has 0 atom stereocenters. The number of nitrogens with zero attached hydrogens (tertiary/aromatic N) is 2. The van der Waals surface area contributed by atoms with Crippen LogP contribution in [0.3, 0.4) is 0 Å². The summed E-state index contributed by atoms with van der Waals surface area (Å²) in [6.45, 7) is 9.41. The molecule has 4 heteroatoms. The lowest BCUT2D eigenvalue weighted by atomic mass is 10.2.